The van der Waals surface area contributed by atoms with Gasteiger partial charge in [0, 0.05) is 43.9 Å². The highest BCUT2D eigenvalue weighted by Crippen LogP contribution is 2.46. The molecule has 2 amide bonds. The van der Waals surface area contributed by atoms with Crippen molar-refractivity contribution in [3.63, 3.8) is 0 Å². The van der Waals surface area contributed by atoms with E-state index < -0.39 is 0 Å². The third-order valence-electron chi connectivity index (χ3n) is 6.50. The molecule has 0 bridgehead atoms. The average Bonchev–Trinajstić information content (AvgIpc) is 3.26. The van der Waals surface area contributed by atoms with E-state index in [1.165, 1.54) is 11.1 Å². The first kappa shape index (κ1) is 20.5. The molecule has 2 aliphatic rings. The number of carbonyl (C=O) groups excluding carboxylic acids is 2. The Morgan fingerprint density at radius 3 is 2.53 bits per heavy atom. The fraction of sp³-hybridized carbons (Fsp3) is 0.458. The number of nitrogens with zero attached hydrogens (tertiary/aromatic N) is 4. The summed E-state index contributed by atoms with van der Waals surface area (Å²) in [4.78, 5) is 36.3. The Labute approximate surface area is 178 Å². The maximum Gasteiger partial charge on any atom is 0.255 e. The lowest BCUT2D eigenvalue weighted by Crippen LogP contribution is -2.41. The van der Waals surface area contributed by atoms with Gasteiger partial charge < -0.3 is 14.7 Å². The van der Waals surface area contributed by atoms with Crippen molar-refractivity contribution >= 4 is 11.8 Å². The molecule has 6 heteroatoms. The van der Waals surface area contributed by atoms with E-state index in [0.717, 1.165) is 5.56 Å². The van der Waals surface area contributed by atoms with E-state index >= 15 is 0 Å². The number of amides is 2. The van der Waals surface area contributed by atoms with Crippen LogP contribution in [0.3, 0.4) is 0 Å². The van der Waals surface area contributed by atoms with Crippen LogP contribution in [0.4, 0.5) is 0 Å². The summed E-state index contributed by atoms with van der Waals surface area (Å²) >= 11 is 0. The molecular formula is C24H30N4O2. The lowest BCUT2D eigenvalue weighted by Gasteiger charge is -2.31. The summed E-state index contributed by atoms with van der Waals surface area (Å²) in [7, 11) is 3.85. The molecule has 0 N–H and O–H groups in total. The van der Waals surface area contributed by atoms with E-state index in [4.69, 9.17) is 0 Å². The number of fused-ring (bicyclic) bond motifs is 1. The molecule has 2 aliphatic heterocycles. The molecule has 2 saturated heterocycles. The number of likely N-dealkylation sites (N-methyl/N-ethyl adjacent to an activating group) is 1. The summed E-state index contributed by atoms with van der Waals surface area (Å²) in [5.41, 5.74) is 4.01. The zero-order valence-electron chi connectivity index (χ0n) is 18.2. The minimum absolute atomic E-state index is 0.0106. The highest BCUT2D eigenvalue weighted by atomic mass is 16.2. The van der Waals surface area contributed by atoms with Gasteiger partial charge >= 0.3 is 0 Å². The lowest BCUT2D eigenvalue weighted by atomic mass is 9.87. The largest absolute Gasteiger partial charge is 0.338 e. The smallest absolute Gasteiger partial charge is 0.255 e. The molecule has 3 heterocycles. The van der Waals surface area contributed by atoms with Crippen LogP contribution in [0.25, 0.3) is 0 Å². The monoisotopic (exact) mass is 406 g/mol. The Morgan fingerprint density at radius 1 is 1.07 bits per heavy atom. The predicted molar refractivity (Wildman–Crippen MR) is 116 cm³/mol. The zero-order chi connectivity index (χ0) is 21.4. The number of hydrogen-bond donors (Lipinski definition) is 0. The van der Waals surface area contributed by atoms with Crippen LogP contribution in [0.5, 0.6) is 0 Å². The van der Waals surface area contributed by atoms with Crippen molar-refractivity contribution in [3.8, 4) is 0 Å². The van der Waals surface area contributed by atoms with Crippen LogP contribution in [0.2, 0.25) is 0 Å². The van der Waals surface area contributed by atoms with Crippen LogP contribution in [-0.2, 0) is 4.79 Å². The number of hydrogen-bond acceptors (Lipinski definition) is 4. The maximum atomic E-state index is 13.2. The molecule has 0 radical (unpaired) electrons. The van der Waals surface area contributed by atoms with Crippen LogP contribution in [0, 0.1) is 25.7 Å². The molecule has 0 spiro atoms. The first-order valence-electron chi connectivity index (χ1n) is 10.6. The minimum Gasteiger partial charge on any atom is -0.338 e. The first-order chi connectivity index (χ1) is 14.4. The summed E-state index contributed by atoms with van der Waals surface area (Å²) in [5, 5.41) is 0. The number of likely N-dealkylation sites (tertiary alicyclic amines) is 2. The van der Waals surface area contributed by atoms with Crippen LogP contribution in [-0.4, -0.2) is 71.8 Å². The number of rotatable bonds is 4. The molecule has 158 valence electrons. The average molecular weight is 407 g/mol. The van der Waals surface area contributed by atoms with Crippen LogP contribution < -0.4 is 0 Å². The molecule has 2 aromatic rings. The van der Waals surface area contributed by atoms with Crippen molar-refractivity contribution in [1.29, 1.82) is 0 Å². The second-order valence-corrected chi connectivity index (χ2v) is 8.91. The lowest BCUT2D eigenvalue weighted by molar-refractivity contribution is -0.133. The number of carbonyl (C=O) groups is 2. The van der Waals surface area contributed by atoms with Crippen molar-refractivity contribution in [2.75, 3.05) is 40.3 Å². The van der Waals surface area contributed by atoms with Crippen molar-refractivity contribution in [2.45, 2.75) is 19.9 Å². The fourth-order valence-electron chi connectivity index (χ4n) is 5.00. The third-order valence-corrected chi connectivity index (χ3v) is 6.50. The topological polar surface area (TPSA) is 56.8 Å². The van der Waals surface area contributed by atoms with Gasteiger partial charge in [-0.1, -0.05) is 24.3 Å². The standard InChI is InChI=1S/C24H30N4O2/c1-16-7-5-6-8-19(16)23-21-14-27(24(30)20-11-25-10-9-17(20)2)12-18(21)13-28(23)22(29)15-26(3)4/h5-11,18,21,23H,12-15H2,1-4H3/t18-,21-,23+/m1/s1. The second-order valence-electron chi connectivity index (χ2n) is 8.91. The van der Waals surface area contributed by atoms with E-state index in [0.29, 0.717) is 37.7 Å². The van der Waals surface area contributed by atoms with Crippen molar-refractivity contribution in [3.05, 3.63) is 65.0 Å². The molecule has 0 unspecified atom stereocenters. The van der Waals surface area contributed by atoms with Crippen LogP contribution in [0.15, 0.2) is 42.7 Å². The van der Waals surface area contributed by atoms with Crippen molar-refractivity contribution in [2.24, 2.45) is 11.8 Å². The minimum atomic E-state index is 0.0106. The molecule has 1 aromatic carbocycles. The van der Waals surface area contributed by atoms with Gasteiger partial charge in [0.1, 0.15) is 0 Å². The van der Waals surface area contributed by atoms with E-state index in [-0.39, 0.29) is 23.8 Å². The van der Waals surface area contributed by atoms with Gasteiger partial charge in [-0.15, -0.1) is 0 Å². The molecule has 3 atom stereocenters. The van der Waals surface area contributed by atoms with Gasteiger partial charge in [0.2, 0.25) is 5.91 Å². The fourth-order valence-corrected chi connectivity index (χ4v) is 5.00. The number of aromatic nitrogens is 1. The molecule has 6 nitrogen and oxygen atoms in total. The normalized spacial score (nSPS) is 23.2. The summed E-state index contributed by atoms with van der Waals surface area (Å²) in [6.07, 6.45) is 3.38. The SMILES string of the molecule is Cc1ccncc1C(=O)N1C[C@@H]2CN(C(=O)CN(C)C)[C@@H](c3ccccc3C)[C@@H]2C1. The van der Waals surface area contributed by atoms with E-state index in [1.807, 2.05) is 49.0 Å². The summed E-state index contributed by atoms with van der Waals surface area (Å²) in [6, 6.07) is 10.2. The number of pyridine rings is 1. The molecule has 2 fully saturated rings. The Balaban J connectivity index is 1.62. The quantitative estimate of drug-likeness (QED) is 0.783. The second kappa shape index (κ2) is 8.19. The molecule has 0 saturated carbocycles. The van der Waals surface area contributed by atoms with E-state index in [2.05, 4.69) is 28.9 Å². The molecule has 0 aliphatic carbocycles. The Morgan fingerprint density at radius 2 is 1.83 bits per heavy atom. The molecule has 4 rings (SSSR count). The van der Waals surface area contributed by atoms with Crippen molar-refractivity contribution < 1.29 is 9.59 Å². The van der Waals surface area contributed by atoms with Gasteiger partial charge in [0.15, 0.2) is 0 Å². The maximum absolute atomic E-state index is 13.2. The Kier molecular flexibility index (Phi) is 5.60. The zero-order valence-corrected chi connectivity index (χ0v) is 18.2. The van der Waals surface area contributed by atoms with Gasteiger partial charge in [-0.05, 0) is 50.7 Å². The summed E-state index contributed by atoms with van der Waals surface area (Å²) < 4.78 is 0. The van der Waals surface area contributed by atoms with Gasteiger partial charge in [-0.2, -0.15) is 0 Å². The van der Waals surface area contributed by atoms with Gasteiger partial charge in [-0.3, -0.25) is 14.6 Å². The van der Waals surface area contributed by atoms with Gasteiger partial charge in [0.25, 0.3) is 5.91 Å². The van der Waals surface area contributed by atoms with Crippen LogP contribution >= 0.6 is 0 Å². The third kappa shape index (κ3) is 3.72. The van der Waals surface area contributed by atoms with Gasteiger partial charge in [-0.25, -0.2) is 0 Å². The summed E-state index contributed by atoms with van der Waals surface area (Å²) in [5.74, 6) is 0.744. The van der Waals surface area contributed by atoms with Crippen molar-refractivity contribution in [1.82, 2.24) is 19.7 Å². The van der Waals surface area contributed by atoms with Gasteiger partial charge in [0.05, 0.1) is 18.2 Å². The molecule has 1 aromatic heterocycles. The number of aryl methyl sites for hydroxylation is 2. The first-order valence-corrected chi connectivity index (χ1v) is 10.6. The molecule has 30 heavy (non-hydrogen) atoms. The highest BCUT2D eigenvalue weighted by molar-refractivity contribution is 5.95. The Bertz CT molecular complexity index is 958. The Hall–Kier alpha value is -2.73. The van der Waals surface area contributed by atoms with Crippen LogP contribution in [0.1, 0.15) is 33.1 Å². The number of benzene rings is 1. The summed E-state index contributed by atoms with van der Waals surface area (Å²) in [6.45, 7) is 6.51. The van der Waals surface area contributed by atoms with E-state index in [9.17, 15) is 9.59 Å². The van der Waals surface area contributed by atoms with E-state index in [1.54, 1.807) is 12.4 Å². The molecular weight excluding hydrogens is 376 g/mol. The highest BCUT2D eigenvalue weighted by Gasteiger charge is 2.50. The predicted octanol–water partition coefficient (Wildman–Crippen LogP) is 2.53.